The highest BCUT2D eigenvalue weighted by molar-refractivity contribution is 14.0. The van der Waals surface area contributed by atoms with E-state index in [1.165, 1.54) is 7.11 Å². The second-order valence-electron chi connectivity index (χ2n) is 5.25. The van der Waals surface area contributed by atoms with Crippen LogP contribution in [0.15, 0.2) is 41.4 Å². The first-order valence-corrected chi connectivity index (χ1v) is 7.68. The summed E-state index contributed by atoms with van der Waals surface area (Å²) in [4.78, 5) is 4.26. The molecule has 0 heterocycles. The molecule has 0 spiro atoms. The Balaban J connectivity index is 0.00000338. The van der Waals surface area contributed by atoms with Crippen molar-refractivity contribution in [1.29, 1.82) is 0 Å². The van der Waals surface area contributed by atoms with Gasteiger partial charge in [0.2, 0.25) is 0 Å². The van der Waals surface area contributed by atoms with Gasteiger partial charge in [-0.1, -0.05) is 12.1 Å². The van der Waals surface area contributed by atoms with Gasteiger partial charge in [-0.3, -0.25) is 0 Å². The summed E-state index contributed by atoms with van der Waals surface area (Å²) in [7, 11) is 4.69. The number of nitrogens with two attached hydrogens (primary N) is 1. The van der Waals surface area contributed by atoms with Gasteiger partial charge in [0.15, 0.2) is 29.0 Å². The van der Waals surface area contributed by atoms with Crippen LogP contribution in [0.5, 0.6) is 23.0 Å². The summed E-state index contributed by atoms with van der Waals surface area (Å²) < 4.78 is 15.5. The minimum atomic E-state index is 0. The first-order valence-electron chi connectivity index (χ1n) is 7.68. The number of hydrogen-bond acceptors (Lipinski definition) is 5. The standard InChI is InChI=1S/C18H23N3O4.HI/c1-23-15-6-4-12(8-14(15)22)10-20-18(19)21-11-13-5-7-16(24-2)17(9-13)25-3;/h4-9,22H,10-11H2,1-3H3,(H3,19,20,21);1H. The van der Waals surface area contributed by atoms with Gasteiger partial charge in [0.05, 0.1) is 27.9 Å². The molecular formula is C18H24IN3O4. The molecule has 0 unspecified atom stereocenters. The third-order valence-electron chi connectivity index (χ3n) is 3.60. The summed E-state index contributed by atoms with van der Waals surface area (Å²) in [5.41, 5.74) is 7.70. The number of ether oxygens (including phenoxy) is 3. The van der Waals surface area contributed by atoms with Crippen molar-refractivity contribution in [2.75, 3.05) is 21.3 Å². The molecule has 7 nitrogen and oxygen atoms in total. The molecule has 0 aliphatic carbocycles. The van der Waals surface area contributed by atoms with Crippen molar-refractivity contribution in [3.05, 3.63) is 47.5 Å². The normalized spacial score (nSPS) is 10.7. The summed E-state index contributed by atoms with van der Waals surface area (Å²) in [5, 5.41) is 12.8. The highest BCUT2D eigenvalue weighted by Crippen LogP contribution is 2.27. The van der Waals surface area contributed by atoms with E-state index >= 15 is 0 Å². The first kappa shape index (κ1) is 21.7. The van der Waals surface area contributed by atoms with Gasteiger partial charge in [-0.05, 0) is 35.4 Å². The quantitative estimate of drug-likeness (QED) is 0.325. The van der Waals surface area contributed by atoms with Crippen molar-refractivity contribution in [1.82, 2.24) is 5.32 Å². The lowest BCUT2D eigenvalue weighted by atomic mass is 10.2. The van der Waals surface area contributed by atoms with E-state index in [2.05, 4.69) is 10.3 Å². The Bertz CT molecular complexity index is 753. The average molecular weight is 473 g/mol. The van der Waals surface area contributed by atoms with Crippen LogP contribution in [0.1, 0.15) is 11.1 Å². The van der Waals surface area contributed by atoms with Crippen LogP contribution in [-0.2, 0) is 13.1 Å². The molecule has 0 amide bonds. The van der Waals surface area contributed by atoms with Crippen molar-refractivity contribution in [2.24, 2.45) is 10.7 Å². The number of aliphatic imine (C=N–C) groups is 1. The molecular weight excluding hydrogens is 449 g/mol. The van der Waals surface area contributed by atoms with Crippen LogP contribution in [0, 0.1) is 0 Å². The zero-order valence-corrected chi connectivity index (χ0v) is 17.3. The Morgan fingerprint density at radius 3 is 2.19 bits per heavy atom. The number of benzene rings is 2. The molecule has 0 bridgehead atoms. The van der Waals surface area contributed by atoms with E-state index in [0.717, 1.165) is 11.1 Å². The zero-order valence-electron chi connectivity index (χ0n) is 15.0. The number of halogens is 1. The molecule has 0 aromatic heterocycles. The number of nitrogens with one attached hydrogen (secondary N) is 1. The van der Waals surface area contributed by atoms with E-state index in [9.17, 15) is 5.11 Å². The number of hydrogen-bond donors (Lipinski definition) is 3. The van der Waals surface area contributed by atoms with Crippen LogP contribution in [0.3, 0.4) is 0 Å². The number of phenolic OH excluding ortho intramolecular Hbond substituents is 1. The predicted molar refractivity (Wildman–Crippen MR) is 112 cm³/mol. The highest BCUT2D eigenvalue weighted by atomic mass is 127. The minimum absolute atomic E-state index is 0. The van der Waals surface area contributed by atoms with Crippen LogP contribution in [0.2, 0.25) is 0 Å². The van der Waals surface area contributed by atoms with Crippen molar-refractivity contribution in [3.63, 3.8) is 0 Å². The number of methoxy groups -OCH3 is 3. The smallest absolute Gasteiger partial charge is 0.189 e. The van der Waals surface area contributed by atoms with E-state index in [0.29, 0.717) is 36.3 Å². The Labute approximate surface area is 170 Å². The summed E-state index contributed by atoms with van der Waals surface area (Å²) in [5.74, 6) is 2.14. The van der Waals surface area contributed by atoms with Gasteiger partial charge in [0.1, 0.15) is 0 Å². The largest absolute Gasteiger partial charge is 0.504 e. The fourth-order valence-electron chi connectivity index (χ4n) is 2.25. The number of guanidine groups is 1. The van der Waals surface area contributed by atoms with Crippen molar-refractivity contribution < 1.29 is 19.3 Å². The highest BCUT2D eigenvalue weighted by Gasteiger charge is 2.05. The zero-order chi connectivity index (χ0) is 18.2. The van der Waals surface area contributed by atoms with E-state index in [-0.39, 0.29) is 29.7 Å². The second-order valence-corrected chi connectivity index (χ2v) is 5.25. The molecule has 2 rings (SSSR count). The van der Waals surface area contributed by atoms with Crippen LogP contribution in [0.4, 0.5) is 0 Å². The lowest BCUT2D eigenvalue weighted by molar-refractivity contribution is 0.354. The Kier molecular flexibility index (Phi) is 8.83. The molecule has 8 heteroatoms. The molecule has 0 saturated carbocycles. The summed E-state index contributed by atoms with van der Waals surface area (Å²) in [6, 6.07) is 10.7. The average Bonchev–Trinajstić information content (AvgIpc) is 2.64. The number of rotatable bonds is 7. The Morgan fingerprint density at radius 1 is 0.962 bits per heavy atom. The van der Waals surface area contributed by atoms with Gasteiger partial charge >= 0.3 is 0 Å². The molecule has 142 valence electrons. The van der Waals surface area contributed by atoms with Crippen LogP contribution in [-0.4, -0.2) is 32.4 Å². The number of nitrogens with zero attached hydrogens (tertiary/aromatic N) is 1. The number of phenols is 1. The summed E-state index contributed by atoms with van der Waals surface area (Å²) in [6.07, 6.45) is 0. The molecule has 2 aromatic rings. The monoisotopic (exact) mass is 473 g/mol. The molecule has 0 saturated heterocycles. The Hall–Kier alpha value is -2.36. The minimum Gasteiger partial charge on any atom is -0.504 e. The maximum Gasteiger partial charge on any atom is 0.189 e. The molecule has 26 heavy (non-hydrogen) atoms. The van der Waals surface area contributed by atoms with Gasteiger partial charge in [0, 0.05) is 6.54 Å². The number of aromatic hydroxyl groups is 1. The molecule has 0 aliphatic rings. The molecule has 0 aliphatic heterocycles. The van der Waals surface area contributed by atoms with Gasteiger partial charge < -0.3 is 30.4 Å². The van der Waals surface area contributed by atoms with E-state index in [1.54, 1.807) is 26.4 Å². The molecule has 0 fully saturated rings. The maximum absolute atomic E-state index is 9.76. The lowest BCUT2D eigenvalue weighted by Crippen LogP contribution is -2.31. The van der Waals surface area contributed by atoms with E-state index in [1.807, 2.05) is 24.3 Å². The van der Waals surface area contributed by atoms with Gasteiger partial charge in [-0.2, -0.15) is 0 Å². The fourth-order valence-corrected chi connectivity index (χ4v) is 2.25. The molecule has 0 radical (unpaired) electrons. The fraction of sp³-hybridized carbons (Fsp3) is 0.278. The third kappa shape index (κ3) is 5.87. The summed E-state index contributed by atoms with van der Waals surface area (Å²) >= 11 is 0. The third-order valence-corrected chi connectivity index (χ3v) is 3.60. The van der Waals surface area contributed by atoms with E-state index < -0.39 is 0 Å². The molecule has 0 atom stereocenters. The van der Waals surface area contributed by atoms with Gasteiger partial charge in [-0.25, -0.2) is 4.99 Å². The van der Waals surface area contributed by atoms with Crippen LogP contribution in [0.25, 0.3) is 0 Å². The van der Waals surface area contributed by atoms with Crippen LogP contribution < -0.4 is 25.3 Å². The maximum atomic E-state index is 9.76. The van der Waals surface area contributed by atoms with E-state index in [4.69, 9.17) is 19.9 Å². The molecule has 2 aromatic carbocycles. The van der Waals surface area contributed by atoms with Gasteiger partial charge in [-0.15, -0.1) is 24.0 Å². The topological polar surface area (TPSA) is 98.3 Å². The van der Waals surface area contributed by atoms with Crippen molar-refractivity contribution >= 4 is 29.9 Å². The summed E-state index contributed by atoms with van der Waals surface area (Å²) in [6.45, 7) is 0.853. The lowest BCUT2D eigenvalue weighted by Gasteiger charge is -2.10. The second kappa shape index (κ2) is 10.6. The van der Waals surface area contributed by atoms with Gasteiger partial charge in [0.25, 0.3) is 0 Å². The van der Waals surface area contributed by atoms with Crippen molar-refractivity contribution in [3.8, 4) is 23.0 Å². The molecule has 4 N–H and O–H groups in total. The predicted octanol–water partition coefficient (Wildman–Crippen LogP) is 2.64. The SMILES string of the molecule is COc1ccc(CN=C(N)NCc2ccc(OC)c(OC)c2)cc1O.I. The Morgan fingerprint density at radius 2 is 1.58 bits per heavy atom. The first-order chi connectivity index (χ1) is 12.1. The van der Waals surface area contributed by atoms with Crippen LogP contribution >= 0.6 is 24.0 Å². The van der Waals surface area contributed by atoms with Crippen molar-refractivity contribution in [2.45, 2.75) is 13.1 Å².